The van der Waals surface area contributed by atoms with Gasteiger partial charge in [-0.15, -0.1) is 0 Å². The summed E-state index contributed by atoms with van der Waals surface area (Å²) in [6.07, 6.45) is 1.56. The Kier molecular flexibility index (Phi) is 6.85. The second-order valence-corrected chi connectivity index (χ2v) is 8.61. The summed E-state index contributed by atoms with van der Waals surface area (Å²) in [6.45, 7) is 8.10. The molecule has 3 heterocycles. The van der Waals surface area contributed by atoms with E-state index in [9.17, 15) is 14.4 Å². The van der Waals surface area contributed by atoms with Crippen LogP contribution in [0.1, 0.15) is 55.7 Å². The number of amides is 3. The minimum Gasteiger partial charge on any atom is -0.486 e. The highest BCUT2D eigenvalue weighted by Crippen LogP contribution is 2.32. The molecule has 184 valence electrons. The van der Waals surface area contributed by atoms with E-state index in [4.69, 9.17) is 14.2 Å². The lowest BCUT2D eigenvalue weighted by Gasteiger charge is -2.19. The Labute approximate surface area is 201 Å². The zero-order chi connectivity index (χ0) is 25.1. The van der Waals surface area contributed by atoms with E-state index >= 15 is 0 Å². The number of urea groups is 1. The minimum absolute atomic E-state index is 0.0461. The monoisotopic (exact) mass is 481 g/mol. The van der Waals surface area contributed by atoms with Crippen molar-refractivity contribution in [2.24, 2.45) is 0 Å². The molecule has 0 aliphatic carbocycles. The van der Waals surface area contributed by atoms with Gasteiger partial charge in [-0.3, -0.25) is 10.1 Å². The van der Waals surface area contributed by atoms with Crippen molar-refractivity contribution in [3.8, 4) is 11.5 Å². The van der Waals surface area contributed by atoms with Gasteiger partial charge in [-0.1, -0.05) is 13.8 Å². The van der Waals surface area contributed by atoms with Crippen LogP contribution in [0.5, 0.6) is 11.5 Å². The van der Waals surface area contributed by atoms with Gasteiger partial charge in [0.25, 0.3) is 5.91 Å². The van der Waals surface area contributed by atoms with Crippen molar-refractivity contribution in [1.82, 2.24) is 20.1 Å². The van der Waals surface area contributed by atoms with Crippen LogP contribution >= 0.6 is 0 Å². The first-order chi connectivity index (χ1) is 16.7. The fourth-order valence-electron chi connectivity index (χ4n) is 3.53. The average Bonchev–Trinajstić information content (AvgIpc) is 3.26. The standard InChI is InChI=1S/C24H27N5O6/c1-13(2)18-10-16(17-11-25-29(14(3)4)22(17)27-18)23(31)35-12-21(30)28-24(32)26-15-5-6-19-20(9-15)34-8-7-33-19/h5-6,9-11,13-14H,7-8,12H2,1-4H3,(H2,26,28,30,32). The number of nitrogens with one attached hydrogen (secondary N) is 2. The molecule has 11 heteroatoms. The van der Waals surface area contributed by atoms with Gasteiger partial charge in [0.15, 0.2) is 23.8 Å². The molecule has 0 spiro atoms. The molecule has 4 rings (SSSR count). The zero-order valence-corrected chi connectivity index (χ0v) is 20.0. The average molecular weight is 482 g/mol. The topological polar surface area (TPSA) is 134 Å². The normalized spacial score (nSPS) is 12.6. The number of carbonyl (C=O) groups is 3. The molecule has 3 amide bonds. The second-order valence-electron chi connectivity index (χ2n) is 8.61. The number of nitrogens with zero attached hydrogens (tertiary/aromatic N) is 3. The molecule has 1 aliphatic heterocycles. The third kappa shape index (κ3) is 5.34. The zero-order valence-electron chi connectivity index (χ0n) is 20.0. The maximum absolute atomic E-state index is 12.8. The van der Waals surface area contributed by atoms with Crippen molar-refractivity contribution in [2.45, 2.75) is 39.7 Å². The van der Waals surface area contributed by atoms with E-state index in [1.54, 1.807) is 35.1 Å². The van der Waals surface area contributed by atoms with Gasteiger partial charge in [0.05, 0.1) is 17.1 Å². The van der Waals surface area contributed by atoms with Crippen LogP contribution in [0.2, 0.25) is 0 Å². The van der Waals surface area contributed by atoms with E-state index in [1.165, 1.54) is 0 Å². The van der Waals surface area contributed by atoms with Crippen LogP contribution in [-0.4, -0.2) is 52.5 Å². The van der Waals surface area contributed by atoms with Gasteiger partial charge in [-0.05, 0) is 38.0 Å². The molecule has 1 aromatic carbocycles. The number of rotatable bonds is 6. The third-order valence-electron chi connectivity index (χ3n) is 5.27. The lowest BCUT2D eigenvalue weighted by atomic mass is 10.1. The summed E-state index contributed by atoms with van der Waals surface area (Å²) in [7, 11) is 0. The van der Waals surface area contributed by atoms with Crippen LogP contribution in [-0.2, 0) is 9.53 Å². The van der Waals surface area contributed by atoms with Gasteiger partial charge < -0.3 is 19.5 Å². The first-order valence-corrected chi connectivity index (χ1v) is 11.3. The number of carbonyl (C=O) groups excluding carboxylic acids is 3. The van der Waals surface area contributed by atoms with Crippen molar-refractivity contribution in [1.29, 1.82) is 0 Å². The summed E-state index contributed by atoms with van der Waals surface area (Å²) >= 11 is 0. The van der Waals surface area contributed by atoms with E-state index in [-0.39, 0.29) is 17.5 Å². The number of hydrogen-bond acceptors (Lipinski definition) is 8. The molecule has 0 saturated heterocycles. The first kappa shape index (κ1) is 24.0. The predicted octanol–water partition coefficient (Wildman–Crippen LogP) is 3.41. The third-order valence-corrected chi connectivity index (χ3v) is 5.27. The molecule has 0 radical (unpaired) electrons. The van der Waals surface area contributed by atoms with Crippen molar-refractivity contribution in [3.05, 3.63) is 41.7 Å². The lowest BCUT2D eigenvalue weighted by Crippen LogP contribution is -2.37. The summed E-state index contributed by atoms with van der Waals surface area (Å²) in [6, 6.07) is 5.80. The van der Waals surface area contributed by atoms with Crippen LogP contribution < -0.4 is 20.1 Å². The summed E-state index contributed by atoms with van der Waals surface area (Å²) in [4.78, 5) is 41.9. The van der Waals surface area contributed by atoms with Crippen LogP contribution in [0.3, 0.4) is 0 Å². The number of ether oxygens (including phenoxy) is 3. The molecular formula is C24H27N5O6. The fraction of sp³-hybridized carbons (Fsp3) is 0.375. The molecule has 1 aliphatic rings. The Balaban J connectivity index is 1.39. The molecule has 0 unspecified atom stereocenters. The molecule has 0 bridgehead atoms. The van der Waals surface area contributed by atoms with Gasteiger partial charge in [-0.25, -0.2) is 19.3 Å². The molecule has 11 nitrogen and oxygen atoms in total. The van der Waals surface area contributed by atoms with Crippen molar-refractivity contribution in [2.75, 3.05) is 25.1 Å². The molecule has 0 saturated carbocycles. The van der Waals surface area contributed by atoms with Gasteiger partial charge in [-0.2, -0.15) is 5.10 Å². The molecule has 0 atom stereocenters. The highest BCUT2D eigenvalue weighted by atomic mass is 16.6. The van der Waals surface area contributed by atoms with Crippen molar-refractivity contribution in [3.63, 3.8) is 0 Å². The SMILES string of the molecule is CC(C)c1cc(C(=O)OCC(=O)NC(=O)Nc2ccc3c(c2)OCCO3)c2cnn(C(C)C)c2n1. The molecule has 0 fully saturated rings. The molecule has 35 heavy (non-hydrogen) atoms. The number of hydrogen-bond donors (Lipinski definition) is 2. The van der Waals surface area contributed by atoms with E-state index in [0.29, 0.717) is 47.1 Å². The minimum atomic E-state index is -0.777. The number of imide groups is 1. The largest absolute Gasteiger partial charge is 0.486 e. The van der Waals surface area contributed by atoms with Crippen LogP contribution in [0, 0.1) is 0 Å². The quantitative estimate of drug-likeness (QED) is 0.512. The molecular weight excluding hydrogens is 454 g/mol. The Morgan fingerprint density at radius 1 is 1.09 bits per heavy atom. The second kappa shape index (κ2) is 10.00. The van der Waals surface area contributed by atoms with E-state index in [0.717, 1.165) is 0 Å². The van der Waals surface area contributed by atoms with E-state index in [2.05, 4.69) is 20.7 Å². The summed E-state index contributed by atoms with van der Waals surface area (Å²) < 4.78 is 17.8. The molecule has 2 N–H and O–H groups in total. The van der Waals surface area contributed by atoms with Crippen LogP contribution in [0.15, 0.2) is 30.5 Å². The maximum Gasteiger partial charge on any atom is 0.339 e. The highest BCUT2D eigenvalue weighted by molar-refractivity contribution is 6.05. The number of aromatic nitrogens is 3. The number of pyridine rings is 1. The van der Waals surface area contributed by atoms with E-state index in [1.807, 2.05) is 27.7 Å². The Morgan fingerprint density at radius 2 is 1.83 bits per heavy atom. The number of benzene rings is 1. The van der Waals surface area contributed by atoms with Crippen molar-refractivity contribution < 1.29 is 28.6 Å². The van der Waals surface area contributed by atoms with Gasteiger partial charge >= 0.3 is 12.0 Å². The Morgan fingerprint density at radius 3 is 2.54 bits per heavy atom. The molecule has 2 aromatic heterocycles. The number of esters is 1. The fourth-order valence-corrected chi connectivity index (χ4v) is 3.53. The number of anilines is 1. The predicted molar refractivity (Wildman–Crippen MR) is 127 cm³/mol. The Bertz CT molecular complexity index is 1280. The van der Waals surface area contributed by atoms with E-state index < -0.39 is 24.5 Å². The summed E-state index contributed by atoms with van der Waals surface area (Å²) in [5.74, 6) is -0.339. The smallest absolute Gasteiger partial charge is 0.339 e. The van der Waals surface area contributed by atoms with Crippen LogP contribution in [0.25, 0.3) is 11.0 Å². The van der Waals surface area contributed by atoms with Gasteiger partial charge in [0.2, 0.25) is 0 Å². The van der Waals surface area contributed by atoms with Gasteiger partial charge in [0.1, 0.15) is 13.2 Å². The van der Waals surface area contributed by atoms with Gasteiger partial charge in [0, 0.05) is 23.5 Å². The van der Waals surface area contributed by atoms with Crippen molar-refractivity contribution >= 4 is 34.6 Å². The first-order valence-electron chi connectivity index (χ1n) is 11.3. The maximum atomic E-state index is 12.8. The molecule has 3 aromatic rings. The summed E-state index contributed by atoms with van der Waals surface area (Å²) in [5.41, 5.74) is 1.95. The lowest BCUT2D eigenvalue weighted by molar-refractivity contribution is -0.123. The van der Waals surface area contributed by atoms with Crippen LogP contribution in [0.4, 0.5) is 10.5 Å². The Hall–Kier alpha value is -4.15. The highest BCUT2D eigenvalue weighted by Gasteiger charge is 2.21. The summed E-state index contributed by atoms with van der Waals surface area (Å²) in [5, 5.41) is 9.54. The number of fused-ring (bicyclic) bond motifs is 2.